The van der Waals surface area contributed by atoms with E-state index in [-0.39, 0.29) is 17.4 Å². The number of fused-ring (bicyclic) bond motifs is 1. The first-order valence-electron chi connectivity index (χ1n) is 12.2. The van der Waals surface area contributed by atoms with Gasteiger partial charge in [-0.3, -0.25) is 14.5 Å². The van der Waals surface area contributed by atoms with E-state index in [1.54, 1.807) is 12.1 Å². The third-order valence-electron chi connectivity index (χ3n) is 6.95. The number of nitrogens with zero attached hydrogens (tertiary/aromatic N) is 3. The van der Waals surface area contributed by atoms with E-state index in [1.807, 2.05) is 43.0 Å². The van der Waals surface area contributed by atoms with Gasteiger partial charge in [-0.05, 0) is 57.2 Å². The molecular weight excluding hydrogens is 461 g/mol. The first kappa shape index (κ1) is 24.1. The lowest BCUT2D eigenvalue weighted by atomic mass is 10.1. The zero-order valence-electron chi connectivity index (χ0n) is 20.8. The molecule has 0 atom stereocenters. The van der Waals surface area contributed by atoms with Crippen LogP contribution in [0.4, 0.5) is 10.1 Å². The minimum atomic E-state index is -0.390. The van der Waals surface area contributed by atoms with Crippen molar-refractivity contribution in [2.45, 2.75) is 20.8 Å². The third kappa shape index (κ3) is 4.60. The van der Waals surface area contributed by atoms with Crippen molar-refractivity contribution in [3.05, 3.63) is 70.8 Å². The summed E-state index contributed by atoms with van der Waals surface area (Å²) in [7, 11) is 0. The molecule has 7 nitrogen and oxygen atoms in total. The van der Waals surface area contributed by atoms with Crippen LogP contribution in [0.1, 0.15) is 39.0 Å². The number of Topliss-reactive ketones (excluding diaryl/α,β-unsaturated/α-hetero) is 2. The molecule has 36 heavy (non-hydrogen) atoms. The molecule has 0 N–H and O–H groups in total. The number of hydrogen-bond donors (Lipinski definition) is 0. The summed E-state index contributed by atoms with van der Waals surface area (Å²) < 4.78 is 28.0. The van der Waals surface area contributed by atoms with Crippen molar-refractivity contribution in [3.63, 3.8) is 0 Å². The van der Waals surface area contributed by atoms with Crippen LogP contribution in [0, 0.1) is 19.7 Å². The molecule has 2 aliphatic rings. The standard InChI is InChI=1S/C28H30FN3O4/c1-18-14-23(19(2)32(18)22-5-7-27-28(16-22)36-13-12-35-27)26(34)17-30-8-10-31(11-9-30)25-6-4-21(20(3)33)15-24(25)29/h4-7,14-16H,8-13,17H2,1-3H3. The lowest BCUT2D eigenvalue weighted by Gasteiger charge is -2.36. The van der Waals surface area contributed by atoms with Gasteiger partial charge >= 0.3 is 0 Å². The molecule has 188 valence electrons. The van der Waals surface area contributed by atoms with Gasteiger partial charge in [-0.25, -0.2) is 4.39 Å². The lowest BCUT2D eigenvalue weighted by molar-refractivity contribution is 0.0925. The highest BCUT2D eigenvalue weighted by Gasteiger charge is 2.24. The molecule has 1 aromatic heterocycles. The van der Waals surface area contributed by atoms with E-state index in [1.165, 1.54) is 13.0 Å². The van der Waals surface area contributed by atoms with Crippen LogP contribution in [0.25, 0.3) is 5.69 Å². The number of anilines is 1. The average molecular weight is 492 g/mol. The fourth-order valence-corrected chi connectivity index (χ4v) is 5.03. The Bertz CT molecular complexity index is 1320. The second kappa shape index (κ2) is 9.78. The lowest BCUT2D eigenvalue weighted by Crippen LogP contribution is -2.48. The van der Waals surface area contributed by atoms with E-state index in [2.05, 4.69) is 9.47 Å². The maximum Gasteiger partial charge on any atom is 0.178 e. The Labute approximate surface area is 210 Å². The molecule has 0 amide bonds. The quantitative estimate of drug-likeness (QED) is 0.482. The number of ketones is 2. The smallest absolute Gasteiger partial charge is 0.178 e. The molecule has 0 radical (unpaired) electrons. The number of halogens is 1. The summed E-state index contributed by atoms with van der Waals surface area (Å²) in [5.41, 5.74) is 4.36. The molecule has 0 saturated carbocycles. The second-order valence-corrected chi connectivity index (χ2v) is 9.36. The molecule has 8 heteroatoms. The number of benzene rings is 2. The fraction of sp³-hybridized carbons (Fsp3) is 0.357. The van der Waals surface area contributed by atoms with Crippen molar-refractivity contribution in [2.24, 2.45) is 0 Å². The van der Waals surface area contributed by atoms with Gasteiger partial charge in [0, 0.05) is 60.4 Å². The number of rotatable bonds is 6. The molecule has 0 aliphatic carbocycles. The number of piperazine rings is 1. The minimum Gasteiger partial charge on any atom is -0.486 e. The number of carbonyl (C=O) groups is 2. The van der Waals surface area contributed by atoms with Crippen LogP contribution < -0.4 is 14.4 Å². The van der Waals surface area contributed by atoms with E-state index in [0.717, 1.165) is 22.8 Å². The molecule has 2 aromatic carbocycles. The van der Waals surface area contributed by atoms with Gasteiger partial charge in [0.2, 0.25) is 0 Å². The maximum atomic E-state index is 14.6. The van der Waals surface area contributed by atoms with Gasteiger partial charge in [0.05, 0.1) is 12.2 Å². The Kier molecular flexibility index (Phi) is 6.53. The van der Waals surface area contributed by atoms with Crippen molar-refractivity contribution in [1.82, 2.24) is 9.47 Å². The van der Waals surface area contributed by atoms with Gasteiger partial charge in [0.15, 0.2) is 23.1 Å². The number of hydrogen-bond acceptors (Lipinski definition) is 6. The van der Waals surface area contributed by atoms with E-state index >= 15 is 0 Å². The zero-order valence-corrected chi connectivity index (χ0v) is 20.8. The molecule has 3 aromatic rings. The third-order valence-corrected chi connectivity index (χ3v) is 6.95. The second-order valence-electron chi connectivity index (χ2n) is 9.36. The Morgan fingerprint density at radius 3 is 2.33 bits per heavy atom. The summed E-state index contributed by atoms with van der Waals surface area (Å²) >= 11 is 0. The highest BCUT2D eigenvalue weighted by Crippen LogP contribution is 2.33. The van der Waals surface area contributed by atoms with Crippen LogP contribution in [0.3, 0.4) is 0 Å². The Balaban J connectivity index is 1.25. The van der Waals surface area contributed by atoms with Crippen LogP contribution >= 0.6 is 0 Å². The molecule has 0 unspecified atom stereocenters. The van der Waals surface area contributed by atoms with Gasteiger partial charge in [-0.2, -0.15) is 0 Å². The first-order chi connectivity index (χ1) is 17.3. The van der Waals surface area contributed by atoms with Crippen molar-refractivity contribution in [2.75, 3.05) is 50.8 Å². The van der Waals surface area contributed by atoms with Gasteiger partial charge < -0.3 is 18.9 Å². The normalized spacial score (nSPS) is 15.7. The number of ether oxygens (including phenoxy) is 2. The van der Waals surface area contributed by atoms with Crippen molar-refractivity contribution < 1.29 is 23.5 Å². The molecule has 5 rings (SSSR count). The van der Waals surface area contributed by atoms with E-state index < -0.39 is 0 Å². The van der Waals surface area contributed by atoms with E-state index in [0.29, 0.717) is 68.5 Å². The Hall–Kier alpha value is -3.65. The molecule has 3 heterocycles. The molecule has 0 bridgehead atoms. The summed E-state index contributed by atoms with van der Waals surface area (Å²) in [5.74, 6) is 0.968. The number of carbonyl (C=O) groups excluding carboxylic acids is 2. The van der Waals surface area contributed by atoms with Crippen molar-refractivity contribution >= 4 is 17.3 Å². The minimum absolute atomic E-state index is 0.0670. The summed E-state index contributed by atoms with van der Waals surface area (Å²) in [6.45, 7) is 9.28. The van der Waals surface area contributed by atoms with Crippen molar-refractivity contribution in [1.29, 1.82) is 0 Å². The van der Waals surface area contributed by atoms with E-state index in [9.17, 15) is 14.0 Å². The molecule has 1 saturated heterocycles. The van der Waals surface area contributed by atoms with Crippen LogP contribution in [-0.2, 0) is 0 Å². The van der Waals surface area contributed by atoms with E-state index in [4.69, 9.17) is 9.47 Å². The Morgan fingerprint density at radius 1 is 0.917 bits per heavy atom. The molecule has 2 aliphatic heterocycles. The summed E-state index contributed by atoms with van der Waals surface area (Å²) in [6.07, 6.45) is 0. The monoisotopic (exact) mass is 491 g/mol. The van der Waals surface area contributed by atoms with Gasteiger partial charge in [-0.1, -0.05) is 0 Å². The van der Waals surface area contributed by atoms with Crippen LogP contribution in [0.5, 0.6) is 11.5 Å². The fourth-order valence-electron chi connectivity index (χ4n) is 5.03. The largest absolute Gasteiger partial charge is 0.486 e. The molecular formula is C28H30FN3O4. The van der Waals surface area contributed by atoms with Gasteiger partial charge in [0.1, 0.15) is 19.0 Å². The Morgan fingerprint density at radius 2 is 1.64 bits per heavy atom. The highest BCUT2D eigenvalue weighted by molar-refractivity contribution is 5.99. The summed E-state index contributed by atoms with van der Waals surface area (Å²) in [5, 5.41) is 0. The highest BCUT2D eigenvalue weighted by atomic mass is 19.1. The van der Waals surface area contributed by atoms with Gasteiger partial charge in [-0.15, -0.1) is 0 Å². The average Bonchev–Trinajstić information content (AvgIpc) is 3.18. The number of aryl methyl sites for hydroxylation is 1. The van der Waals surface area contributed by atoms with Crippen molar-refractivity contribution in [3.8, 4) is 17.2 Å². The SMILES string of the molecule is CC(=O)c1ccc(N2CCN(CC(=O)c3cc(C)n(-c4ccc5c(c4)OCCO5)c3C)CC2)c(F)c1. The first-order valence-corrected chi connectivity index (χ1v) is 12.2. The summed E-state index contributed by atoms with van der Waals surface area (Å²) in [6, 6.07) is 12.4. The van der Waals surface area contributed by atoms with Crippen LogP contribution in [-0.4, -0.2) is 67.0 Å². The predicted octanol–water partition coefficient (Wildman–Crippen LogP) is 4.21. The maximum absolute atomic E-state index is 14.6. The predicted molar refractivity (Wildman–Crippen MR) is 136 cm³/mol. The molecule has 1 fully saturated rings. The molecule has 0 spiro atoms. The topological polar surface area (TPSA) is 64.0 Å². The van der Waals surface area contributed by atoms with Crippen LogP contribution in [0.15, 0.2) is 42.5 Å². The summed E-state index contributed by atoms with van der Waals surface area (Å²) in [4.78, 5) is 28.8. The van der Waals surface area contributed by atoms with Gasteiger partial charge in [0.25, 0.3) is 0 Å². The number of aromatic nitrogens is 1. The van der Waals surface area contributed by atoms with Crippen LogP contribution in [0.2, 0.25) is 0 Å². The zero-order chi connectivity index (χ0) is 25.4.